The van der Waals surface area contributed by atoms with Gasteiger partial charge in [0.2, 0.25) is 10.0 Å². The summed E-state index contributed by atoms with van der Waals surface area (Å²) in [5.41, 5.74) is -2.15. The lowest BCUT2D eigenvalue weighted by atomic mass is 9.93. The number of benzene rings is 2. The van der Waals surface area contributed by atoms with Crippen molar-refractivity contribution in [1.82, 2.24) is 4.72 Å². The van der Waals surface area contributed by atoms with E-state index >= 15 is 0 Å². The Hall–Kier alpha value is -2.98. The lowest BCUT2D eigenvalue weighted by molar-refractivity contribution is -0.387. The second kappa shape index (κ2) is 7.72. The second-order valence-electron chi connectivity index (χ2n) is 5.68. The van der Waals surface area contributed by atoms with Crippen LogP contribution < -0.4 is 9.46 Å². The summed E-state index contributed by atoms with van der Waals surface area (Å²) in [7, 11) is -1.86. The summed E-state index contributed by atoms with van der Waals surface area (Å²) < 4.78 is 37.7. The van der Waals surface area contributed by atoms with Gasteiger partial charge in [0.05, 0.1) is 19.1 Å². The summed E-state index contributed by atoms with van der Waals surface area (Å²) in [6.07, 6.45) is 0. The number of carbonyl (C=O) groups excluding carboxylic acids is 1. The molecule has 2 rings (SSSR count). The van der Waals surface area contributed by atoms with Crippen LogP contribution in [0.2, 0.25) is 0 Å². The van der Waals surface area contributed by atoms with E-state index in [1.165, 1.54) is 38.3 Å². The number of nitrogens with one attached hydrogen (secondary N) is 1. The number of methoxy groups -OCH3 is 2. The van der Waals surface area contributed by atoms with Crippen molar-refractivity contribution in [3.63, 3.8) is 0 Å². The van der Waals surface area contributed by atoms with Crippen molar-refractivity contribution in [1.29, 1.82) is 0 Å². The molecule has 1 unspecified atom stereocenters. The molecule has 0 aromatic heterocycles. The van der Waals surface area contributed by atoms with Crippen molar-refractivity contribution in [2.75, 3.05) is 14.2 Å². The van der Waals surface area contributed by atoms with E-state index in [9.17, 15) is 23.3 Å². The predicted octanol–water partition coefficient (Wildman–Crippen LogP) is 1.97. The Morgan fingerprint density at radius 3 is 2.22 bits per heavy atom. The van der Waals surface area contributed by atoms with Gasteiger partial charge in [0.25, 0.3) is 5.69 Å². The van der Waals surface area contributed by atoms with E-state index < -0.39 is 37.0 Å². The Labute approximate surface area is 156 Å². The number of para-hydroxylation sites is 1. The molecule has 0 saturated heterocycles. The molecular formula is C17H18N2O7S. The Balaban J connectivity index is 2.56. The molecule has 0 bridgehead atoms. The minimum atomic E-state index is -4.44. The van der Waals surface area contributed by atoms with Gasteiger partial charge in [-0.15, -0.1) is 0 Å². The lowest BCUT2D eigenvalue weighted by Gasteiger charge is -2.28. The first-order chi connectivity index (χ1) is 12.7. The number of ether oxygens (including phenoxy) is 2. The maximum Gasteiger partial charge on any atom is 0.331 e. The van der Waals surface area contributed by atoms with Gasteiger partial charge in [-0.1, -0.05) is 24.3 Å². The fraction of sp³-hybridized carbons (Fsp3) is 0.235. The Bertz CT molecular complexity index is 958. The SMILES string of the molecule is COC(=O)C(C)(NS(=O)(=O)c1ccccc1[N+](=O)[O-])c1ccc(OC)cc1. The number of carbonyl (C=O) groups is 1. The Morgan fingerprint density at radius 2 is 1.70 bits per heavy atom. The van der Waals surface area contributed by atoms with Crippen LogP contribution in [0.5, 0.6) is 5.75 Å². The van der Waals surface area contributed by atoms with Gasteiger partial charge in [0.15, 0.2) is 10.4 Å². The highest BCUT2D eigenvalue weighted by Crippen LogP contribution is 2.29. The van der Waals surface area contributed by atoms with Gasteiger partial charge in [-0.2, -0.15) is 4.72 Å². The molecule has 0 spiro atoms. The van der Waals surface area contributed by atoms with Crippen molar-refractivity contribution < 1.29 is 27.6 Å². The normalized spacial score (nSPS) is 13.4. The lowest BCUT2D eigenvalue weighted by Crippen LogP contribution is -2.50. The van der Waals surface area contributed by atoms with Crippen LogP contribution in [0.3, 0.4) is 0 Å². The van der Waals surface area contributed by atoms with Crippen LogP contribution in [-0.4, -0.2) is 33.5 Å². The second-order valence-corrected chi connectivity index (χ2v) is 7.33. The summed E-state index contributed by atoms with van der Waals surface area (Å²) in [6.45, 7) is 1.31. The molecule has 0 aliphatic heterocycles. The fourth-order valence-electron chi connectivity index (χ4n) is 2.51. The number of esters is 1. The number of nitrogens with zero attached hydrogens (tertiary/aromatic N) is 1. The smallest absolute Gasteiger partial charge is 0.331 e. The van der Waals surface area contributed by atoms with Crippen LogP contribution in [0, 0.1) is 10.1 Å². The molecule has 0 fully saturated rings. The van der Waals surface area contributed by atoms with Crippen molar-refractivity contribution in [2.24, 2.45) is 0 Å². The minimum Gasteiger partial charge on any atom is -0.497 e. The van der Waals surface area contributed by atoms with Crippen molar-refractivity contribution in [2.45, 2.75) is 17.4 Å². The third-order valence-corrected chi connectivity index (χ3v) is 5.55. The molecule has 0 aliphatic carbocycles. The maximum atomic E-state index is 12.8. The van der Waals surface area contributed by atoms with Gasteiger partial charge in [-0.25, -0.2) is 13.2 Å². The summed E-state index contributed by atoms with van der Waals surface area (Å²) in [4.78, 5) is 22.2. The predicted molar refractivity (Wildman–Crippen MR) is 95.8 cm³/mol. The quantitative estimate of drug-likeness (QED) is 0.432. The van der Waals surface area contributed by atoms with Crippen LogP contribution in [0.1, 0.15) is 12.5 Å². The fourth-order valence-corrected chi connectivity index (χ4v) is 4.03. The van der Waals surface area contributed by atoms with Crippen LogP contribution in [0.4, 0.5) is 5.69 Å². The zero-order chi connectivity index (χ0) is 20.2. The zero-order valence-corrected chi connectivity index (χ0v) is 15.6. The van der Waals surface area contributed by atoms with E-state index in [1.807, 2.05) is 0 Å². The maximum absolute atomic E-state index is 12.8. The molecule has 0 radical (unpaired) electrons. The summed E-state index contributed by atoms with van der Waals surface area (Å²) in [6, 6.07) is 11.0. The standard InChI is InChI=1S/C17H18N2O7S/c1-17(16(20)26-3,12-8-10-13(25-2)11-9-12)18-27(23,24)15-7-5-4-6-14(15)19(21)22/h4-11,18H,1-3H3. The van der Waals surface area contributed by atoms with Gasteiger partial charge in [0, 0.05) is 6.07 Å². The van der Waals surface area contributed by atoms with Crippen molar-refractivity contribution in [3.8, 4) is 5.75 Å². The van der Waals surface area contributed by atoms with E-state index in [-0.39, 0.29) is 5.56 Å². The van der Waals surface area contributed by atoms with Crippen LogP contribution in [0.25, 0.3) is 0 Å². The van der Waals surface area contributed by atoms with E-state index in [4.69, 9.17) is 9.47 Å². The van der Waals surface area contributed by atoms with Crippen LogP contribution in [0.15, 0.2) is 53.4 Å². The highest BCUT2D eigenvalue weighted by molar-refractivity contribution is 7.89. The first-order valence-electron chi connectivity index (χ1n) is 7.66. The highest BCUT2D eigenvalue weighted by Gasteiger charge is 2.42. The number of nitro groups is 1. The third-order valence-electron chi connectivity index (χ3n) is 3.95. The van der Waals surface area contributed by atoms with E-state index in [0.29, 0.717) is 5.75 Å². The van der Waals surface area contributed by atoms with Gasteiger partial charge < -0.3 is 9.47 Å². The topological polar surface area (TPSA) is 125 Å². The monoisotopic (exact) mass is 394 g/mol. The summed E-state index contributed by atoms with van der Waals surface area (Å²) in [5, 5.41) is 11.2. The molecule has 1 atom stereocenters. The number of hydrogen-bond donors (Lipinski definition) is 1. The van der Waals surface area contributed by atoms with Crippen molar-refractivity contribution in [3.05, 3.63) is 64.2 Å². The Kier molecular flexibility index (Phi) is 5.82. The van der Waals surface area contributed by atoms with E-state index in [1.54, 1.807) is 12.1 Å². The molecule has 2 aromatic rings. The molecule has 0 heterocycles. The van der Waals surface area contributed by atoms with Crippen molar-refractivity contribution >= 4 is 21.7 Å². The molecule has 27 heavy (non-hydrogen) atoms. The first-order valence-corrected chi connectivity index (χ1v) is 9.14. The van der Waals surface area contributed by atoms with Gasteiger partial charge in [-0.05, 0) is 30.7 Å². The number of nitro benzene ring substituents is 1. The molecule has 1 N–H and O–H groups in total. The van der Waals surface area contributed by atoms with E-state index in [2.05, 4.69) is 4.72 Å². The van der Waals surface area contributed by atoms with Gasteiger partial charge in [0.1, 0.15) is 5.75 Å². The number of sulfonamides is 1. The first kappa shape index (κ1) is 20.3. The van der Waals surface area contributed by atoms with Gasteiger partial charge >= 0.3 is 5.97 Å². The number of hydrogen-bond acceptors (Lipinski definition) is 7. The molecule has 0 amide bonds. The average molecular weight is 394 g/mol. The molecular weight excluding hydrogens is 376 g/mol. The molecule has 0 aliphatic rings. The number of rotatable bonds is 7. The molecule has 9 nitrogen and oxygen atoms in total. The molecule has 0 saturated carbocycles. The van der Waals surface area contributed by atoms with Crippen LogP contribution >= 0.6 is 0 Å². The van der Waals surface area contributed by atoms with E-state index in [0.717, 1.165) is 19.2 Å². The highest BCUT2D eigenvalue weighted by atomic mass is 32.2. The molecule has 2 aromatic carbocycles. The summed E-state index contributed by atoms with van der Waals surface area (Å²) in [5.74, 6) is -0.373. The average Bonchev–Trinajstić information content (AvgIpc) is 2.66. The summed E-state index contributed by atoms with van der Waals surface area (Å²) >= 11 is 0. The minimum absolute atomic E-state index is 0.275. The zero-order valence-electron chi connectivity index (χ0n) is 14.8. The van der Waals surface area contributed by atoms with Gasteiger partial charge in [-0.3, -0.25) is 10.1 Å². The largest absolute Gasteiger partial charge is 0.497 e. The van der Waals surface area contributed by atoms with Crippen LogP contribution in [-0.2, 0) is 25.1 Å². The Morgan fingerprint density at radius 1 is 1.11 bits per heavy atom. The third kappa shape index (κ3) is 4.07. The molecule has 144 valence electrons. The molecule has 10 heteroatoms.